The van der Waals surface area contributed by atoms with Crippen molar-refractivity contribution < 1.29 is 10.9 Å². The molecule has 0 bridgehead atoms. The van der Waals surface area contributed by atoms with Gasteiger partial charge in [-0.3, -0.25) is 4.79 Å². The van der Waals surface area contributed by atoms with Gasteiger partial charge < -0.3 is 4.74 Å². The van der Waals surface area contributed by atoms with Crippen LogP contribution in [0.3, 0.4) is 0 Å². The molecule has 0 saturated heterocycles. The van der Waals surface area contributed by atoms with Crippen LogP contribution in [0.1, 0.15) is 8.29 Å². The van der Waals surface area contributed by atoms with Crippen molar-refractivity contribution in [3.8, 4) is 0 Å². The Morgan fingerprint density at radius 1 is 2.40 bits per heavy atom. The molecule has 0 unspecified atom stereocenters. The molecule has 0 N–H and O–H groups in total. The molecule has 0 atom stereocenters. The molecule has 0 rings (SSSR count). The summed E-state index contributed by atoms with van der Waals surface area (Å²) in [6, 6.07) is 0. The minimum absolute atomic E-state index is 0.294. The van der Waals surface area contributed by atoms with Crippen molar-refractivity contribution in [2.75, 3.05) is 6.61 Å². The van der Waals surface area contributed by atoms with Crippen molar-refractivity contribution in [1.29, 1.82) is 0 Å². The molecule has 2 nitrogen and oxygen atoms in total. The third-order valence-electron chi connectivity index (χ3n) is 0.203. The maximum absolute atomic E-state index is 9.49. The molecule has 0 aromatic rings. The van der Waals surface area contributed by atoms with Crippen molar-refractivity contribution in [3.63, 3.8) is 0 Å². The lowest BCUT2D eigenvalue weighted by Gasteiger charge is -1.79. The van der Waals surface area contributed by atoms with E-state index in [1.807, 2.05) is 0 Å². The molecule has 0 aliphatic carbocycles. The summed E-state index contributed by atoms with van der Waals surface area (Å²) in [6.45, 7) is 1.95. The lowest BCUT2D eigenvalue weighted by atomic mass is 10.9. The maximum Gasteiger partial charge on any atom is 0.293 e. The van der Waals surface area contributed by atoms with Crippen LogP contribution >= 0.6 is 0 Å². The molecule has 0 spiro atoms. The summed E-state index contributed by atoms with van der Waals surface area (Å²) >= 11 is 0. The van der Waals surface area contributed by atoms with Gasteiger partial charge in [-0.05, 0) is 6.92 Å². The first-order valence-electron chi connectivity index (χ1n) is 1.90. The van der Waals surface area contributed by atoms with E-state index in [0.29, 0.717) is 6.61 Å². The Morgan fingerprint density at radius 3 is 3.00 bits per heavy atom. The van der Waals surface area contributed by atoms with Crippen LogP contribution in [0.5, 0.6) is 0 Å². The maximum atomic E-state index is 9.49. The molecule has 0 aliphatic heterocycles. The number of hydrogen-bond acceptors (Lipinski definition) is 2. The number of hydrogen-bond donors (Lipinski definition) is 0. The van der Waals surface area contributed by atoms with Gasteiger partial charge in [0.05, 0.1) is 6.61 Å². The predicted molar refractivity (Wildman–Crippen MR) is 17.7 cm³/mol. The molecule has 0 fully saturated rings. The highest BCUT2D eigenvalue weighted by atomic mass is 16.5. The van der Waals surface area contributed by atoms with Crippen LogP contribution in [-0.4, -0.2) is 13.1 Å². The predicted octanol–water partition coefficient (Wildman–Crippen LogP) is 0.179. The summed E-state index contributed by atoms with van der Waals surface area (Å²) in [6.07, 6.45) is -0.961. The Morgan fingerprint density at radius 2 is 3.00 bits per heavy atom. The molecule has 0 amide bonds. The van der Waals surface area contributed by atoms with E-state index in [9.17, 15) is 4.79 Å². The highest BCUT2D eigenvalue weighted by Gasteiger charge is 1.60. The largest absolute Gasteiger partial charge is 0.468 e. The first kappa shape index (κ1) is 2.69. The topological polar surface area (TPSA) is 26.3 Å². The van der Waals surface area contributed by atoms with Gasteiger partial charge in [0, 0.05) is 0 Å². The smallest absolute Gasteiger partial charge is 0.293 e. The van der Waals surface area contributed by atoms with Gasteiger partial charge in [-0.1, -0.05) is 0 Å². The first-order chi connectivity index (χ1) is 2.77. The fourth-order valence-electron chi connectivity index (χ4n) is 0.0589. The quantitative estimate of drug-likeness (QED) is 0.416. The number of carbonyl (C=O) groups excluding carboxylic acids is 1. The fraction of sp³-hybridized carbons (Fsp3) is 0.667. The average molecular weight is 76.1 g/mol. The van der Waals surface area contributed by atoms with Crippen molar-refractivity contribution in [1.82, 2.24) is 0 Å². The lowest BCUT2D eigenvalue weighted by Crippen LogP contribution is -1.80. The number of carbonyl (C=O) groups is 1. The second kappa shape index (κ2) is 3.47. The normalized spacial score (nSPS) is 9.40. The van der Waals surface area contributed by atoms with Crippen LogP contribution in [-0.2, 0) is 9.53 Å². The highest BCUT2D eigenvalue weighted by molar-refractivity contribution is 5.36. The van der Waals surface area contributed by atoms with Crippen molar-refractivity contribution >= 4 is 6.45 Å². The Kier molecular flexibility index (Phi) is 1.87. The van der Waals surface area contributed by atoms with E-state index in [-0.39, 0.29) is 0 Å². The van der Waals surface area contributed by atoms with Crippen LogP contribution in [0.15, 0.2) is 0 Å². The molecule has 0 heterocycles. The Bertz CT molecular complexity index is 52.8. The standard InChI is InChI=1S/C3H6O2/c1-2-5-3-4/h3H,2H2,1H3/i3T. The van der Waals surface area contributed by atoms with Gasteiger partial charge in [-0.25, -0.2) is 0 Å². The second-order valence-electron chi connectivity index (χ2n) is 0.516. The van der Waals surface area contributed by atoms with E-state index >= 15 is 0 Å². The molecule has 30 valence electrons. The van der Waals surface area contributed by atoms with Crippen LogP contribution in [0.2, 0.25) is 0 Å². The van der Waals surface area contributed by atoms with E-state index in [1.54, 1.807) is 6.92 Å². The number of ether oxygens (including phenoxy) is 1. The molecular weight excluding hydrogens is 68.0 g/mol. The van der Waals surface area contributed by atoms with E-state index < -0.39 is 6.45 Å². The summed E-state index contributed by atoms with van der Waals surface area (Å²) in [4.78, 5) is 9.49. The monoisotopic (exact) mass is 76.0 g/mol. The van der Waals surface area contributed by atoms with Crippen molar-refractivity contribution in [3.05, 3.63) is 0 Å². The van der Waals surface area contributed by atoms with E-state index in [4.69, 9.17) is 1.37 Å². The minimum atomic E-state index is -0.961. The zero-order valence-electron chi connectivity index (χ0n) is 4.02. The third kappa shape index (κ3) is 3.47. The molecule has 0 aromatic heterocycles. The molecular formula is C3H6O2. The summed E-state index contributed by atoms with van der Waals surface area (Å²) in [5.41, 5.74) is 0. The number of rotatable bonds is 1. The molecule has 0 saturated carbocycles. The van der Waals surface area contributed by atoms with Gasteiger partial charge in [0.15, 0.2) is 1.37 Å². The van der Waals surface area contributed by atoms with Gasteiger partial charge in [0.1, 0.15) is 0 Å². The Hall–Kier alpha value is -0.530. The van der Waals surface area contributed by atoms with Gasteiger partial charge in [-0.2, -0.15) is 0 Å². The van der Waals surface area contributed by atoms with Crippen LogP contribution < -0.4 is 0 Å². The zero-order valence-corrected chi connectivity index (χ0v) is 3.02. The Labute approximate surface area is 32.1 Å². The second-order valence-corrected chi connectivity index (χ2v) is 0.516. The van der Waals surface area contributed by atoms with Crippen LogP contribution in [0, 0.1) is 0 Å². The van der Waals surface area contributed by atoms with Crippen molar-refractivity contribution in [2.45, 2.75) is 6.92 Å². The van der Waals surface area contributed by atoms with Crippen molar-refractivity contribution in [2.24, 2.45) is 0 Å². The summed E-state index contributed by atoms with van der Waals surface area (Å²) < 4.78 is 10.2. The summed E-state index contributed by atoms with van der Waals surface area (Å²) in [7, 11) is 0. The highest BCUT2D eigenvalue weighted by Crippen LogP contribution is 1.55. The van der Waals surface area contributed by atoms with Gasteiger partial charge in [0.25, 0.3) is 6.45 Å². The average Bonchev–Trinajstić information content (AvgIpc) is 1.35. The molecule has 0 aliphatic rings. The zero-order chi connectivity index (χ0) is 4.99. The van der Waals surface area contributed by atoms with Crippen LogP contribution in [0.25, 0.3) is 0 Å². The lowest BCUT2D eigenvalue weighted by molar-refractivity contribution is -0.128. The third-order valence-corrected chi connectivity index (χ3v) is 0.203. The minimum Gasteiger partial charge on any atom is -0.468 e. The molecule has 5 heavy (non-hydrogen) atoms. The van der Waals surface area contributed by atoms with E-state index in [0.717, 1.165) is 0 Å². The summed E-state index contributed by atoms with van der Waals surface area (Å²) in [5.74, 6) is 0. The van der Waals surface area contributed by atoms with E-state index in [2.05, 4.69) is 4.74 Å². The molecule has 0 radical (unpaired) electrons. The van der Waals surface area contributed by atoms with E-state index in [1.165, 1.54) is 0 Å². The SMILES string of the molecule is [3H]C(=O)OCC. The summed E-state index contributed by atoms with van der Waals surface area (Å²) in [5, 5.41) is 0. The Balaban J connectivity index is 2.83. The van der Waals surface area contributed by atoms with Crippen LogP contribution in [0.4, 0.5) is 0 Å². The van der Waals surface area contributed by atoms with Gasteiger partial charge in [0.2, 0.25) is 0 Å². The molecule has 2 heteroatoms. The van der Waals surface area contributed by atoms with Gasteiger partial charge >= 0.3 is 0 Å². The first-order valence-corrected chi connectivity index (χ1v) is 1.40. The molecule has 0 aromatic carbocycles. The fourth-order valence-corrected chi connectivity index (χ4v) is 0.0589. The van der Waals surface area contributed by atoms with Gasteiger partial charge in [-0.15, -0.1) is 0 Å².